The second kappa shape index (κ2) is 4.38. The Morgan fingerprint density at radius 1 is 1.18 bits per heavy atom. The lowest BCUT2D eigenvalue weighted by molar-refractivity contribution is 0.430. The Balaban J connectivity index is 2.33. The lowest BCUT2D eigenvalue weighted by Crippen LogP contribution is -1.95. The van der Waals surface area contributed by atoms with E-state index in [-0.39, 0.29) is 0 Å². The zero-order valence-corrected chi connectivity index (χ0v) is 9.08. The molecule has 0 aliphatic rings. The number of hydrogen-bond acceptors (Lipinski definition) is 4. The van der Waals surface area contributed by atoms with E-state index in [1.165, 1.54) is 6.07 Å². The van der Waals surface area contributed by atoms with Crippen molar-refractivity contribution in [2.75, 3.05) is 0 Å². The summed E-state index contributed by atoms with van der Waals surface area (Å²) in [5.41, 5.74) is 0.636. The van der Waals surface area contributed by atoms with Gasteiger partial charge in [-0.2, -0.15) is 15.6 Å². The normalized spacial score (nSPS) is 9.35. The summed E-state index contributed by atoms with van der Waals surface area (Å²) in [5.74, 6) is 1.07. The van der Waals surface area contributed by atoms with E-state index in [0.717, 1.165) is 0 Å². The first-order valence-electron chi connectivity index (χ1n) is 4.84. The molecule has 0 amide bonds. The van der Waals surface area contributed by atoms with Crippen LogP contribution in [0.15, 0.2) is 30.5 Å². The Hall–Kier alpha value is -2.79. The van der Waals surface area contributed by atoms with Gasteiger partial charge in [0.15, 0.2) is 0 Å². The number of ether oxygens (including phenoxy) is 1. The molecule has 0 atom stereocenters. The quantitative estimate of drug-likeness (QED) is 0.781. The van der Waals surface area contributed by atoms with Gasteiger partial charge >= 0.3 is 0 Å². The van der Waals surface area contributed by atoms with E-state index in [2.05, 4.69) is 5.10 Å². The Labute approximate surface area is 98.1 Å². The van der Waals surface area contributed by atoms with Crippen LogP contribution >= 0.6 is 0 Å². The van der Waals surface area contributed by atoms with Crippen molar-refractivity contribution in [2.45, 2.75) is 0 Å². The Morgan fingerprint density at radius 3 is 2.53 bits per heavy atom. The Morgan fingerprint density at radius 2 is 1.94 bits per heavy atom. The maximum atomic E-state index is 8.88. The molecule has 5 heteroatoms. The molecule has 0 fully saturated rings. The number of hydrogen-bond donors (Lipinski definition) is 0. The van der Waals surface area contributed by atoms with E-state index in [4.69, 9.17) is 15.3 Å². The SMILES string of the molecule is Cn1nccc1Oc1ccc(C#N)c(C#N)c1. The van der Waals surface area contributed by atoms with Crippen LogP contribution in [0.25, 0.3) is 0 Å². The third-order valence-corrected chi connectivity index (χ3v) is 2.23. The van der Waals surface area contributed by atoms with Gasteiger partial charge in [0.25, 0.3) is 0 Å². The van der Waals surface area contributed by atoms with Crippen molar-refractivity contribution in [3.8, 4) is 23.8 Å². The molecule has 0 spiro atoms. The molecule has 82 valence electrons. The molecule has 2 rings (SSSR count). The van der Waals surface area contributed by atoms with Gasteiger partial charge in [0.1, 0.15) is 17.9 Å². The molecule has 2 aromatic rings. The van der Waals surface area contributed by atoms with Crippen molar-refractivity contribution in [2.24, 2.45) is 7.05 Å². The van der Waals surface area contributed by atoms with Gasteiger partial charge in [0, 0.05) is 13.1 Å². The van der Waals surface area contributed by atoms with Crippen molar-refractivity contribution >= 4 is 0 Å². The fourth-order valence-electron chi connectivity index (χ4n) is 1.36. The molecule has 1 aromatic carbocycles. The fourth-order valence-corrected chi connectivity index (χ4v) is 1.36. The molecule has 0 radical (unpaired) electrons. The third-order valence-electron chi connectivity index (χ3n) is 2.23. The van der Waals surface area contributed by atoms with E-state index >= 15 is 0 Å². The van der Waals surface area contributed by atoms with Gasteiger partial charge in [-0.05, 0) is 18.2 Å². The van der Waals surface area contributed by atoms with Crippen molar-refractivity contribution in [1.82, 2.24) is 9.78 Å². The van der Waals surface area contributed by atoms with Crippen LogP contribution in [0.5, 0.6) is 11.6 Å². The van der Waals surface area contributed by atoms with Gasteiger partial charge in [-0.25, -0.2) is 4.68 Å². The zero-order valence-electron chi connectivity index (χ0n) is 9.08. The first-order valence-corrected chi connectivity index (χ1v) is 4.84. The summed E-state index contributed by atoms with van der Waals surface area (Å²) in [6.45, 7) is 0. The van der Waals surface area contributed by atoms with Crippen LogP contribution < -0.4 is 4.74 Å². The van der Waals surface area contributed by atoms with Crippen LogP contribution in [0.4, 0.5) is 0 Å². The number of benzene rings is 1. The number of nitrogens with zero attached hydrogens (tertiary/aromatic N) is 4. The van der Waals surface area contributed by atoms with Crippen LogP contribution in [0.2, 0.25) is 0 Å². The molecule has 0 aliphatic carbocycles. The van der Waals surface area contributed by atoms with Gasteiger partial charge in [-0.15, -0.1) is 0 Å². The van der Waals surface area contributed by atoms with E-state index < -0.39 is 0 Å². The zero-order chi connectivity index (χ0) is 12.3. The van der Waals surface area contributed by atoms with E-state index in [0.29, 0.717) is 22.8 Å². The molecule has 17 heavy (non-hydrogen) atoms. The largest absolute Gasteiger partial charge is 0.439 e. The Bertz CT molecular complexity index is 631. The molecule has 0 saturated heterocycles. The monoisotopic (exact) mass is 224 g/mol. The van der Waals surface area contributed by atoms with Crippen molar-refractivity contribution in [3.05, 3.63) is 41.6 Å². The molecule has 1 heterocycles. The second-order valence-electron chi connectivity index (χ2n) is 3.33. The minimum Gasteiger partial charge on any atom is -0.439 e. The summed E-state index contributed by atoms with van der Waals surface area (Å²) < 4.78 is 7.10. The first kappa shape index (κ1) is 10.7. The topological polar surface area (TPSA) is 74.6 Å². The summed E-state index contributed by atoms with van der Waals surface area (Å²) in [6, 6.07) is 10.4. The minimum absolute atomic E-state index is 0.298. The highest BCUT2D eigenvalue weighted by Gasteiger charge is 2.06. The summed E-state index contributed by atoms with van der Waals surface area (Å²) in [6.07, 6.45) is 1.62. The van der Waals surface area contributed by atoms with Crippen molar-refractivity contribution in [1.29, 1.82) is 10.5 Å². The first-order chi connectivity index (χ1) is 8.24. The molecule has 5 nitrogen and oxygen atoms in total. The lowest BCUT2D eigenvalue weighted by atomic mass is 10.1. The van der Waals surface area contributed by atoms with Gasteiger partial charge in [-0.1, -0.05) is 0 Å². The van der Waals surface area contributed by atoms with Gasteiger partial charge in [0.2, 0.25) is 5.88 Å². The van der Waals surface area contributed by atoms with Gasteiger partial charge in [0.05, 0.1) is 17.3 Å². The predicted octanol–water partition coefficient (Wildman–Crippen LogP) is 1.96. The molecular formula is C12H8N4O. The molecule has 0 aliphatic heterocycles. The van der Waals surface area contributed by atoms with E-state index in [9.17, 15) is 0 Å². The van der Waals surface area contributed by atoms with Crippen LogP contribution in [0, 0.1) is 22.7 Å². The van der Waals surface area contributed by atoms with Crippen LogP contribution in [-0.2, 0) is 7.05 Å². The average molecular weight is 224 g/mol. The van der Waals surface area contributed by atoms with Crippen molar-refractivity contribution < 1.29 is 4.74 Å². The highest BCUT2D eigenvalue weighted by molar-refractivity contribution is 5.49. The molecule has 0 bridgehead atoms. The second-order valence-corrected chi connectivity index (χ2v) is 3.33. The van der Waals surface area contributed by atoms with Gasteiger partial charge < -0.3 is 4.74 Å². The standard InChI is InChI=1S/C12H8N4O/c1-16-12(4-5-15-16)17-11-3-2-9(7-13)10(6-11)8-14/h2-6H,1H3. The number of aryl methyl sites for hydroxylation is 1. The van der Waals surface area contributed by atoms with Crippen molar-refractivity contribution in [3.63, 3.8) is 0 Å². The summed E-state index contributed by atoms with van der Waals surface area (Å²) in [7, 11) is 1.75. The van der Waals surface area contributed by atoms with E-state index in [1.807, 2.05) is 12.1 Å². The number of aromatic nitrogens is 2. The summed E-state index contributed by atoms with van der Waals surface area (Å²) in [5, 5.41) is 21.6. The molecule has 1 aromatic heterocycles. The maximum Gasteiger partial charge on any atom is 0.217 e. The van der Waals surface area contributed by atoms with Gasteiger partial charge in [-0.3, -0.25) is 0 Å². The fraction of sp³-hybridized carbons (Fsp3) is 0.0833. The Kier molecular flexibility index (Phi) is 2.76. The number of rotatable bonds is 2. The summed E-state index contributed by atoms with van der Waals surface area (Å²) >= 11 is 0. The van der Waals surface area contributed by atoms with Crippen LogP contribution in [0.3, 0.4) is 0 Å². The number of nitriles is 2. The lowest BCUT2D eigenvalue weighted by Gasteiger charge is -2.05. The molecule has 0 saturated carbocycles. The summed E-state index contributed by atoms with van der Waals surface area (Å²) in [4.78, 5) is 0. The van der Waals surface area contributed by atoms with Crippen LogP contribution in [0.1, 0.15) is 11.1 Å². The average Bonchev–Trinajstić information content (AvgIpc) is 2.75. The third kappa shape index (κ3) is 2.09. The highest BCUT2D eigenvalue weighted by Crippen LogP contribution is 2.22. The smallest absolute Gasteiger partial charge is 0.217 e. The van der Waals surface area contributed by atoms with Crippen LogP contribution in [-0.4, -0.2) is 9.78 Å². The molecule has 0 unspecified atom stereocenters. The molecule has 0 N–H and O–H groups in total. The molecular weight excluding hydrogens is 216 g/mol. The minimum atomic E-state index is 0.298. The highest BCUT2D eigenvalue weighted by atomic mass is 16.5. The predicted molar refractivity (Wildman–Crippen MR) is 59.2 cm³/mol. The van der Waals surface area contributed by atoms with E-state index in [1.54, 1.807) is 36.1 Å². The maximum absolute atomic E-state index is 8.88.